The Morgan fingerprint density at radius 2 is 1.82 bits per heavy atom. The lowest BCUT2D eigenvalue weighted by atomic mass is 10.1. The number of nitro groups is 1. The van der Waals surface area contributed by atoms with Gasteiger partial charge in [0.05, 0.1) is 28.8 Å². The molecule has 0 saturated heterocycles. The van der Waals surface area contributed by atoms with Crippen molar-refractivity contribution in [2.45, 2.75) is 6.92 Å². The van der Waals surface area contributed by atoms with Crippen LogP contribution >= 0.6 is 0 Å². The predicted molar refractivity (Wildman–Crippen MR) is 123 cm³/mol. The van der Waals surface area contributed by atoms with Gasteiger partial charge in [0.1, 0.15) is 12.1 Å². The number of benzene rings is 2. The lowest BCUT2D eigenvalue weighted by Gasteiger charge is -2.13. The summed E-state index contributed by atoms with van der Waals surface area (Å²) in [4.78, 5) is 36.2. The summed E-state index contributed by atoms with van der Waals surface area (Å²) in [5.74, 6) is -0.441. The van der Waals surface area contributed by atoms with Gasteiger partial charge >= 0.3 is 5.69 Å². The molecule has 0 saturated carbocycles. The van der Waals surface area contributed by atoms with Crippen molar-refractivity contribution in [2.24, 2.45) is 0 Å². The van der Waals surface area contributed by atoms with Crippen LogP contribution in [0.5, 0.6) is 5.75 Å². The average Bonchev–Trinajstić information content (AvgIpc) is 2.82. The highest BCUT2D eigenvalue weighted by Crippen LogP contribution is 2.33. The summed E-state index contributed by atoms with van der Waals surface area (Å²) in [5.41, 5.74) is 6.72. The van der Waals surface area contributed by atoms with E-state index in [0.717, 1.165) is 17.4 Å². The summed E-state index contributed by atoms with van der Waals surface area (Å²) in [5, 5.41) is 15.7. The molecule has 0 aliphatic heterocycles. The zero-order valence-electron chi connectivity index (χ0n) is 17.7. The SMILES string of the molecule is COc1ccccc1C(=O)NNc1ncnc(Nc2cccc3ccc(C)nc23)c1[N+](=O)[O-]. The topological polar surface area (TPSA) is 144 Å². The van der Waals surface area contributed by atoms with Gasteiger partial charge in [-0.05, 0) is 31.2 Å². The number of hydrogen-bond donors (Lipinski definition) is 3. The van der Waals surface area contributed by atoms with Crippen LogP contribution in [0.4, 0.5) is 23.0 Å². The van der Waals surface area contributed by atoms with Crippen LogP contribution in [0.25, 0.3) is 10.9 Å². The Labute approximate surface area is 188 Å². The smallest absolute Gasteiger partial charge is 0.355 e. The number of hydrogen-bond acceptors (Lipinski definition) is 9. The van der Waals surface area contributed by atoms with Crippen LogP contribution < -0.4 is 20.9 Å². The first-order chi connectivity index (χ1) is 16.0. The number of aromatic nitrogens is 3. The van der Waals surface area contributed by atoms with Crippen molar-refractivity contribution >= 4 is 39.8 Å². The van der Waals surface area contributed by atoms with Gasteiger partial charge < -0.3 is 10.1 Å². The van der Waals surface area contributed by atoms with E-state index in [1.165, 1.54) is 7.11 Å². The molecule has 3 N–H and O–H groups in total. The molecule has 11 heteroatoms. The van der Waals surface area contributed by atoms with Gasteiger partial charge in [0.2, 0.25) is 11.6 Å². The minimum Gasteiger partial charge on any atom is -0.496 e. The third kappa shape index (κ3) is 4.46. The number of amides is 1. The summed E-state index contributed by atoms with van der Waals surface area (Å²) >= 11 is 0. The minimum atomic E-state index is -0.635. The molecule has 2 aromatic carbocycles. The maximum atomic E-state index is 12.5. The first kappa shape index (κ1) is 21.4. The van der Waals surface area contributed by atoms with E-state index >= 15 is 0 Å². The molecule has 0 radical (unpaired) electrons. The molecule has 4 rings (SSSR count). The molecule has 0 bridgehead atoms. The van der Waals surface area contributed by atoms with Gasteiger partial charge in [-0.15, -0.1) is 0 Å². The fraction of sp³-hybridized carbons (Fsp3) is 0.0909. The Morgan fingerprint density at radius 3 is 2.61 bits per heavy atom. The largest absolute Gasteiger partial charge is 0.496 e. The fourth-order valence-electron chi connectivity index (χ4n) is 3.22. The molecule has 0 spiro atoms. The normalized spacial score (nSPS) is 10.5. The fourth-order valence-corrected chi connectivity index (χ4v) is 3.22. The van der Waals surface area contributed by atoms with Crippen LogP contribution in [-0.2, 0) is 0 Å². The highest BCUT2D eigenvalue weighted by molar-refractivity contribution is 5.98. The monoisotopic (exact) mass is 445 g/mol. The number of nitrogens with one attached hydrogen (secondary N) is 3. The Kier molecular flexibility index (Phi) is 5.94. The second kappa shape index (κ2) is 9.14. The van der Waals surface area contributed by atoms with Gasteiger partial charge in [-0.2, -0.15) is 0 Å². The molecule has 0 atom stereocenters. The number of fused-ring (bicyclic) bond motifs is 1. The Hall–Kier alpha value is -4.80. The second-order valence-electron chi connectivity index (χ2n) is 6.91. The number of ether oxygens (including phenoxy) is 1. The number of carbonyl (C=O) groups is 1. The van der Waals surface area contributed by atoms with Crippen molar-refractivity contribution in [2.75, 3.05) is 17.9 Å². The molecule has 2 heterocycles. The number of pyridine rings is 1. The van der Waals surface area contributed by atoms with Gasteiger partial charge in [-0.3, -0.25) is 30.7 Å². The molecule has 2 aromatic heterocycles. The highest BCUT2D eigenvalue weighted by Gasteiger charge is 2.24. The van der Waals surface area contributed by atoms with Gasteiger partial charge in [-0.25, -0.2) is 9.97 Å². The molecule has 11 nitrogen and oxygen atoms in total. The molecular weight excluding hydrogens is 426 g/mol. The van der Waals surface area contributed by atoms with Crippen molar-refractivity contribution in [1.82, 2.24) is 20.4 Å². The summed E-state index contributed by atoms with van der Waals surface area (Å²) in [6, 6.07) is 15.8. The van der Waals surface area contributed by atoms with Crippen molar-refractivity contribution in [3.63, 3.8) is 0 Å². The standard InChI is InChI=1S/C22H19N7O4/c1-13-10-11-14-6-5-8-16(18(14)25-13)26-20-19(29(31)32)21(24-12-23-20)27-28-22(30)15-7-3-4-9-17(15)33-2/h3-12H,1-2H3,(H,28,30)(H2,23,24,26,27). The van der Waals surface area contributed by atoms with Gasteiger partial charge in [0, 0.05) is 11.1 Å². The molecule has 0 fully saturated rings. The van der Waals surface area contributed by atoms with E-state index in [-0.39, 0.29) is 17.2 Å². The number of carbonyl (C=O) groups excluding carboxylic acids is 1. The predicted octanol–water partition coefficient (Wildman–Crippen LogP) is 3.75. The van der Waals surface area contributed by atoms with Crippen molar-refractivity contribution < 1.29 is 14.5 Å². The van der Waals surface area contributed by atoms with E-state index < -0.39 is 16.5 Å². The van der Waals surface area contributed by atoms with Crippen molar-refractivity contribution in [1.29, 1.82) is 0 Å². The first-order valence-electron chi connectivity index (χ1n) is 9.80. The quantitative estimate of drug-likeness (QED) is 0.286. The molecule has 0 aliphatic carbocycles. The third-order valence-electron chi connectivity index (χ3n) is 4.76. The number of hydrazine groups is 1. The number of nitrogens with zero attached hydrogens (tertiary/aromatic N) is 4. The summed E-state index contributed by atoms with van der Waals surface area (Å²) in [6.07, 6.45) is 1.15. The van der Waals surface area contributed by atoms with Crippen LogP contribution in [0.3, 0.4) is 0 Å². The summed E-state index contributed by atoms with van der Waals surface area (Å²) < 4.78 is 5.17. The zero-order valence-corrected chi connectivity index (χ0v) is 17.7. The molecule has 166 valence electrons. The number of anilines is 3. The lowest BCUT2D eigenvalue weighted by Crippen LogP contribution is -2.30. The molecule has 0 aliphatic rings. The molecule has 0 unspecified atom stereocenters. The number of aryl methyl sites for hydroxylation is 1. The molecule has 4 aromatic rings. The Balaban J connectivity index is 1.64. The Bertz CT molecular complexity index is 1360. The number of para-hydroxylation sites is 2. The van der Waals surface area contributed by atoms with Crippen molar-refractivity contribution in [3.05, 3.63) is 82.3 Å². The average molecular weight is 445 g/mol. The molecule has 33 heavy (non-hydrogen) atoms. The van der Waals surface area contributed by atoms with E-state index in [2.05, 4.69) is 31.1 Å². The van der Waals surface area contributed by atoms with E-state index in [4.69, 9.17) is 4.74 Å². The van der Waals surface area contributed by atoms with E-state index in [0.29, 0.717) is 17.0 Å². The van der Waals surface area contributed by atoms with E-state index in [9.17, 15) is 14.9 Å². The number of rotatable bonds is 7. The molecular formula is C22H19N7O4. The Morgan fingerprint density at radius 1 is 1.03 bits per heavy atom. The van der Waals surface area contributed by atoms with Crippen LogP contribution in [0, 0.1) is 17.0 Å². The van der Waals surface area contributed by atoms with Gasteiger partial charge in [-0.1, -0.05) is 30.3 Å². The maximum absolute atomic E-state index is 12.5. The summed E-state index contributed by atoms with van der Waals surface area (Å²) in [7, 11) is 1.44. The van der Waals surface area contributed by atoms with E-state index in [1.54, 1.807) is 36.4 Å². The second-order valence-corrected chi connectivity index (χ2v) is 6.91. The summed E-state index contributed by atoms with van der Waals surface area (Å²) in [6.45, 7) is 1.86. The van der Waals surface area contributed by atoms with Crippen LogP contribution in [0.15, 0.2) is 60.9 Å². The van der Waals surface area contributed by atoms with Crippen LogP contribution in [0.1, 0.15) is 16.1 Å². The van der Waals surface area contributed by atoms with Gasteiger partial charge in [0.15, 0.2) is 0 Å². The first-order valence-corrected chi connectivity index (χ1v) is 9.80. The lowest BCUT2D eigenvalue weighted by molar-refractivity contribution is -0.383. The van der Waals surface area contributed by atoms with Gasteiger partial charge in [0.25, 0.3) is 5.91 Å². The van der Waals surface area contributed by atoms with Crippen LogP contribution in [-0.4, -0.2) is 32.9 Å². The number of methoxy groups -OCH3 is 1. The highest BCUT2D eigenvalue weighted by atomic mass is 16.6. The maximum Gasteiger partial charge on any atom is 0.355 e. The van der Waals surface area contributed by atoms with Crippen molar-refractivity contribution in [3.8, 4) is 5.75 Å². The van der Waals surface area contributed by atoms with E-state index in [1.807, 2.05) is 25.1 Å². The zero-order chi connectivity index (χ0) is 23.4. The molecule has 1 amide bonds. The minimum absolute atomic E-state index is 0.0557. The third-order valence-corrected chi connectivity index (χ3v) is 4.76. The van der Waals surface area contributed by atoms with Crippen LogP contribution in [0.2, 0.25) is 0 Å².